The molecule has 2 amide bonds. The summed E-state index contributed by atoms with van der Waals surface area (Å²) >= 11 is 0. The van der Waals surface area contributed by atoms with E-state index in [2.05, 4.69) is 59.2 Å². The normalized spacial score (nSPS) is 13.7. The molecule has 0 aliphatic heterocycles. The van der Waals surface area contributed by atoms with E-state index < -0.39 is 24.2 Å². The fourth-order valence-corrected chi connectivity index (χ4v) is 6.83. The topological polar surface area (TPSA) is 123 Å². The zero-order chi connectivity index (χ0) is 35.5. The first-order valence-corrected chi connectivity index (χ1v) is 17.3. The van der Waals surface area contributed by atoms with E-state index in [1.165, 1.54) is 40.5 Å². The number of hydrogen-bond donors (Lipinski definition) is 3. The minimum Gasteiger partial charge on any atom is -0.467 e. The van der Waals surface area contributed by atoms with Crippen molar-refractivity contribution in [3.8, 4) is 22.3 Å². The largest absolute Gasteiger partial charge is 0.467 e. The molecule has 4 aromatic rings. The molecule has 3 N–H and O–H groups in total. The number of alkyl carbamates (subject to hydrolysis) is 2. The average molecular weight is 679 g/mol. The van der Waals surface area contributed by atoms with Gasteiger partial charge in [0.05, 0.1) is 19.8 Å². The van der Waals surface area contributed by atoms with Gasteiger partial charge in [0.25, 0.3) is 0 Å². The Morgan fingerprint density at radius 2 is 1.00 bits per heavy atom. The van der Waals surface area contributed by atoms with Crippen molar-refractivity contribution in [2.75, 3.05) is 26.9 Å². The number of aliphatic hydroxyl groups is 1. The van der Waals surface area contributed by atoms with Crippen LogP contribution in [0.2, 0.25) is 0 Å². The minimum atomic E-state index is -0.680. The Balaban J connectivity index is 0.000000195. The molecule has 0 spiro atoms. The molecule has 0 heterocycles. The smallest absolute Gasteiger partial charge is 0.407 e. The van der Waals surface area contributed by atoms with Crippen molar-refractivity contribution >= 4 is 18.2 Å². The Bertz CT molecular complexity index is 1680. The second kappa shape index (κ2) is 17.5. The van der Waals surface area contributed by atoms with E-state index in [1.54, 1.807) is 0 Å². The standard InChI is InChI=1S/C21H23NO4.C20H23NO3/c1-3-8-19(20(23)25-2)22-21(24)26-13-18-16-11-6-4-9-14(16)15-10-5-7-12-17(15)18;1-2-7-14(12-22)21-20(23)24-13-19-17-10-5-3-8-15(17)16-9-4-6-11-18(16)19/h4-7,9-12,18-19H,3,8,13H2,1-2H3,(H,22,24);3-6,8-11,14,19,22H,2,7,12-13H2,1H3,(H,21,23)/t19-;14-/m00/s1. The third-order valence-corrected chi connectivity index (χ3v) is 9.22. The summed E-state index contributed by atoms with van der Waals surface area (Å²) in [4.78, 5) is 35.9. The Labute approximate surface area is 294 Å². The first-order chi connectivity index (χ1) is 24.4. The molecule has 262 valence electrons. The summed E-state index contributed by atoms with van der Waals surface area (Å²) in [7, 11) is 1.31. The second-order valence-corrected chi connectivity index (χ2v) is 12.5. The van der Waals surface area contributed by atoms with Gasteiger partial charge in [-0.25, -0.2) is 14.4 Å². The Hall–Kier alpha value is -5.15. The Kier molecular flexibility index (Phi) is 12.6. The molecule has 4 aromatic carbocycles. The number of amides is 2. The first-order valence-electron chi connectivity index (χ1n) is 17.3. The Morgan fingerprint density at radius 3 is 1.36 bits per heavy atom. The van der Waals surface area contributed by atoms with Crippen LogP contribution in [0.1, 0.15) is 73.6 Å². The molecular formula is C41H46N2O7. The van der Waals surface area contributed by atoms with Gasteiger partial charge < -0.3 is 30.0 Å². The van der Waals surface area contributed by atoms with Gasteiger partial charge in [0.2, 0.25) is 0 Å². The average Bonchev–Trinajstić information content (AvgIpc) is 3.65. The third-order valence-electron chi connectivity index (χ3n) is 9.22. The van der Waals surface area contributed by atoms with Gasteiger partial charge in [-0.1, -0.05) is 124 Å². The summed E-state index contributed by atoms with van der Waals surface area (Å²) in [6.07, 6.45) is 1.83. The van der Waals surface area contributed by atoms with Gasteiger partial charge in [0.1, 0.15) is 19.3 Å². The van der Waals surface area contributed by atoms with E-state index in [0.29, 0.717) is 13.0 Å². The molecular weight excluding hydrogens is 632 g/mol. The van der Waals surface area contributed by atoms with Crippen molar-refractivity contribution in [2.45, 2.75) is 63.5 Å². The van der Waals surface area contributed by atoms with Crippen LogP contribution in [0.15, 0.2) is 97.1 Å². The van der Waals surface area contributed by atoms with Gasteiger partial charge >= 0.3 is 18.2 Å². The number of methoxy groups -OCH3 is 1. The maximum atomic E-state index is 12.2. The maximum Gasteiger partial charge on any atom is 0.407 e. The van der Waals surface area contributed by atoms with Gasteiger partial charge in [-0.15, -0.1) is 0 Å². The number of benzene rings is 4. The van der Waals surface area contributed by atoms with Crippen LogP contribution in [0, 0.1) is 0 Å². The number of esters is 1. The van der Waals surface area contributed by atoms with Crippen LogP contribution in [0.5, 0.6) is 0 Å². The van der Waals surface area contributed by atoms with Crippen molar-refractivity contribution < 1.29 is 33.7 Å². The lowest BCUT2D eigenvalue weighted by Gasteiger charge is -2.18. The van der Waals surface area contributed by atoms with Crippen molar-refractivity contribution in [1.29, 1.82) is 0 Å². The van der Waals surface area contributed by atoms with Crippen molar-refractivity contribution in [3.63, 3.8) is 0 Å². The van der Waals surface area contributed by atoms with Gasteiger partial charge in [0.15, 0.2) is 0 Å². The molecule has 9 heteroatoms. The van der Waals surface area contributed by atoms with Crippen LogP contribution in [0.25, 0.3) is 22.3 Å². The molecule has 2 aliphatic rings. The SMILES string of the molecule is CCC[C@@H](CO)NC(=O)OCC1c2ccccc2-c2ccccc21.CCC[C@H](NC(=O)OCC1c2ccccc2-c2ccccc21)C(=O)OC. The highest BCUT2D eigenvalue weighted by Gasteiger charge is 2.31. The molecule has 0 aromatic heterocycles. The van der Waals surface area contributed by atoms with Crippen molar-refractivity contribution in [1.82, 2.24) is 10.6 Å². The lowest BCUT2D eigenvalue weighted by Crippen LogP contribution is -2.42. The van der Waals surface area contributed by atoms with Crippen LogP contribution in [-0.2, 0) is 19.0 Å². The lowest BCUT2D eigenvalue weighted by molar-refractivity contribution is -0.143. The quantitative estimate of drug-likeness (QED) is 0.104. The second-order valence-electron chi connectivity index (χ2n) is 12.5. The lowest BCUT2D eigenvalue weighted by atomic mass is 9.98. The number of carbonyl (C=O) groups is 3. The zero-order valence-corrected chi connectivity index (χ0v) is 28.9. The highest BCUT2D eigenvalue weighted by atomic mass is 16.6. The number of ether oxygens (including phenoxy) is 3. The maximum absolute atomic E-state index is 12.2. The van der Waals surface area contributed by atoms with Crippen LogP contribution >= 0.6 is 0 Å². The molecule has 0 saturated carbocycles. The third kappa shape index (κ3) is 8.34. The van der Waals surface area contributed by atoms with Crippen molar-refractivity contribution in [3.05, 3.63) is 119 Å². The van der Waals surface area contributed by atoms with Crippen LogP contribution < -0.4 is 10.6 Å². The van der Waals surface area contributed by atoms with E-state index in [1.807, 2.05) is 62.4 Å². The summed E-state index contributed by atoms with van der Waals surface area (Å²) < 4.78 is 15.6. The summed E-state index contributed by atoms with van der Waals surface area (Å²) in [6.45, 7) is 4.40. The van der Waals surface area contributed by atoms with E-state index in [4.69, 9.17) is 14.2 Å². The van der Waals surface area contributed by atoms with E-state index in [-0.39, 0.29) is 31.1 Å². The molecule has 0 fully saturated rings. The molecule has 0 bridgehead atoms. The number of fused-ring (bicyclic) bond motifs is 6. The van der Waals surface area contributed by atoms with Crippen molar-refractivity contribution in [2.24, 2.45) is 0 Å². The fraction of sp³-hybridized carbons (Fsp3) is 0.341. The summed E-state index contributed by atoms with van der Waals surface area (Å²) in [5.41, 5.74) is 9.46. The van der Waals surface area contributed by atoms with Gasteiger partial charge in [-0.3, -0.25) is 0 Å². The summed E-state index contributed by atoms with van der Waals surface area (Å²) in [5, 5.41) is 14.6. The van der Waals surface area contributed by atoms with Crippen LogP contribution in [0.4, 0.5) is 9.59 Å². The molecule has 0 saturated heterocycles. The zero-order valence-electron chi connectivity index (χ0n) is 28.9. The number of nitrogens with one attached hydrogen (secondary N) is 2. The Morgan fingerprint density at radius 1 is 0.620 bits per heavy atom. The molecule has 6 rings (SSSR count). The van der Waals surface area contributed by atoms with E-state index in [9.17, 15) is 19.5 Å². The van der Waals surface area contributed by atoms with E-state index in [0.717, 1.165) is 30.4 Å². The molecule has 2 atom stereocenters. The van der Waals surface area contributed by atoms with Gasteiger partial charge in [-0.2, -0.15) is 0 Å². The van der Waals surface area contributed by atoms with Gasteiger partial charge in [0, 0.05) is 11.8 Å². The van der Waals surface area contributed by atoms with Crippen LogP contribution in [-0.4, -0.2) is 62.3 Å². The van der Waals surface area contributed by atoms with Crippen LogP contribution in [0.3, 0.4) is 0 Å². The summed E-state index contributed by atoms with van der Waals surface area (Å²) in [5.74, 6) is -0.404. The number of rotatable bonds is 12. The highest BCUT2D eigenvalue weighted by molar-refractivity contribution is 5.82. The molecule has 2 aliphatic carbocycles. The summed E-state index contributed by atoms with van der Waals surface area (Å²) in [6, 6.07) is 31.9. The molecule has 9 nitrogen and oxygen atoms in total. The first kappa shape index (κ1) is 36.1. The number of carbonyl (C=O) groups excluding carboxylic acids is 3. The molecule has 50 heavy (non-hydrogen) atoms. The highest BCUT2D eigenvalue weighted by Crippen LogP contribution is 2.45. The predicted octanol–water partition coefficient (Wildman–Crippen LogP) is 7.55. The molecule has 0 radical (unpaired) electrons. The fourth-order valence-electron chi connectivity index (χ4n) is 6.83. The predicted molar refractivity (Wildman–Crippen MR) is 193 cm³/mol. The van der Waals surface area contributed by atoms with E-state index >= 15 is 0 Å². The number of hydrogen-bond acceptors (Lipinski definition) is 7. The minimum absolute atomic E-state index is 0.00379. The molecule has 0 unspecified atom stereocenters. The monoisotopic (exact) mass is 678 g/mol. The number of aliphatic hydroxyl groups excluding tert-OH is 1. The van der Waals surface area contributed by atoms with Gasteiger partial charge in [-0.05, 0) is 57.3 Å².